The van der Waals surface area contributed by atoms with Crippen LogP contribution in [0, 0.1) is 0 Å². The molecule has 0 radical (unpaired) electrons. The maximum absolute atomic E-state index is 13.2. The fourth-order valence-corrected chi connectivity index (χ4v) is 4.72. The zero-order chi connectivity index (χ0) is 20.2. The first kappa shape index (κ1) is 21.3. The lowest BCUT2D eigenvalue weighted by Crippen LogP contribution is -2.43. The second-order valence-electron chi connectivity index (χ2n) is 5.73. The predicted octanol–water partition coefficient (Wildman–Crippen LogP) is 4.45. The van der Waals surface area contributed by atoms with Gasteiger partial charge < -0.3 is 9.84 Å². The third kappa shape index (κ3) is 4.86. The van der Waals surface area contributed by atoms with Gasteiger partial charge in [-0.3, -0.25) is 4.31 Å². The van der Waals surface area contributed by atoms with Gasteiger partial charge in [-0.15, -0.1) is 0 Å². The molecule has 0 heterocycles. The molecule has 0 aromatic heterocycles. The number of hydrogen-bond donors (Lipinski definition) is 1. The van der Waals surface area contributed by atoms with Crippen LogP contribution in [0.2, 0.25) is 10.0 Å². The van der Waals surface area contributed by atoms with Gasteiger partial charge in [0.2, 0.25) is 0 Å². The van der Waals surface area contributed by atoms with Crippen molar-refractivity contribution in [1.29, 1.82) is 0 Å². The highest BCUT2D eigenvalue weighted by Gasteiger charge is 2.34. The number of sulfonamides is 1. The number of benzene rings is 2. The first-order valence-corrected chi connectivity index (χ1v) is 10.3. The van der Waals surface area contributed by atoms with Gasteiger partial charge in [0.05, 0.1) is 17.3 Å². The molecule has 2 aromatic rings. The van der Waals surface area contributed by atoms with E-state index in [2.05, 4.69) is 0 Å². The summed E-state index contributed by atoms with van der Waals surface area (Å²) < 4.78 is 32.7. The van der Waals surface area contributed by atoms with Gasteiger partial charge >= 0.3 is 5.97 Å². The van der Waals surface area contributed by atoms with Crippen LogP contribution in [0.25, 0.3) is 0 Å². The predicted molar refractivity (Wildman–Crippen MR) is 105 cm³/mol. The molecule has 0 spiro atoms. The van der Waals surface area contributed by atoms with Gasteiger partial charge in [0, 0.05) is 5.02 Å². The Morgan fingerprint density at radius 3 is 2.37 bits per heavy atom. The number of hydrogen-bond acceptors (Lipinski definition) is 4. The number of carboxylic acid groups (broad SMARTS) is 1. The average Bonchev–Trinajstić information content (AvgIpc) is 2.62. The fourth-order valence-electron chi connectivity index (χ4n) is 2.36. The number of carboxylic acids is 1. The van der Waals surface area contributed by atoms with Crippen LogP contribution in [-0.2, 0) is 14.8 Å². The lowest BCUT2D eigenvalue weighted by Gasteiger charge is -2.28. The largest absolute Gasteiger partial charge is 0.494 e. The lowest BCUT2D eigenvalue weighted by atomic mass is 10.2. The minimum Gasteiger partial charge on any atom is -0.494 e. The molecule has 2 aromatic carbocycles. The second kappa shape index (κ2) is 8.82. The van der Waals surface area contributed by atoms with Gasteiger partial charge in [-0.2, -0.15) is 0 Å². The average molecular weight is 432 g/mol. The summed E-state index contributed by atoms with van der Waals surface area (Å²) in [5, 5.41) is 9.55. The Morgan fingerprint density at radius 1 is 1.19 bits per heavy atom. The van der Waals surface area contributed by atoms with Crippen molar-refractivity contribution >= 4 is 44.9 Å². The molecule has 2 rings (SSSR count). The smallest absolute Gasteiger partial charge is 0.327 e. The summed E-state index contributed by atoms with van der Waals surface area (Å²) in [6.07, 6.45) is 0.825. The Labute approximate surface area is 168 Å². The normalized spacial score (nSPS) is 12.4. The molecule has 0 saturated carbocycles. The van der Waals surface area contributed by atoms with E-state index < -0.39 is 22.0 Å². The Kier molecular flexibility index (Phi) is 6.97. The van der Waals surface area contributed by atoms with Crippen molar-refractivity contribution in [2.24, 2.45) is 0 Å². The van der Waals surface area contributed by atoms with E-state index >= 15 is 0 Å². The van der Waals surface area contributed by atoms with Crippen molar-refractivity contribution in [3.05, 3.63) is 52.5 Å². The third-order valence-electron chi connectivity index (χ3n) is 3.70. The summed E-state index contributed by atoms with van der Waals surface area (Å²) in [4.78, 5) is 11.3. The Balaban J connectivity index is 2.54. The molecule has 0 aliphatic carbocycles. The van der Waals surface area contributed by atoms with Gasteiger partial charge in [0.1, 0.15) is 16.7 Å². The number of nitrogens with zero attached hydrogens (tertiary/aromatic N) is 1. The Bertz CT molecular complexity index is 916. The molecule has 9 heteroatoms. The molecular weight excluding hydrogens is 413 g/mol. The van der Waals surface area contributed by atoms with E-state index in [-0.39, 0.29) is 20.6 Å². The van der Waals surface area contributed by atoms with Crippen molar-refractivity contribution in [2.45, 2.75) is 31.2 Å². The first-order chi connectivity index (χ1) is 12.7. The summed E-state index contributed by atoms with van der Waals surface area (Å²) in [6.45, 7) is 3.76. The van der Waals surface area contributed by atoms with Crippen LogP contribution in [-0.4, -0.2) is 32.1 Å². The number of ether oxygens (including phenoxy) is 1. The van der Waals surface area contributed by atoms with Gasteiger partial charge in [0.25, 0.3) is 10.0 Å². The van der Waals surface area contributed by atoms with Gasteiger partial charge in [-0.1, -0.05) is 30.1 Å². The number of aliphatic carboxylic acids is 1. The molecule has 146 valence electrons. The van der Waals surface area contributed by atoms with Crippen LogP contribution >= 0.6 is 23.2 Å². The van der Waals surface area contributed by atoms with E-state index in [1.807, 2.05) is 6.92 Å². The van der Waals surface area contributed by atoms with Gasteiger partial charge in [-0.05, 0) is 55.8 Å². The molecule has 0 amide bonds. The van der Waals surface area contributed by atoms with Crippen molar-refractivity contribution in [1.82, 2.24) is 0 Å². The molecule has 1 atom stereocenters. The number of rotatable bonds is 8. The maximum atomic E-state index is 13.2. The molecule has 0 aliphatic heterocycles. The maximum Gasteiger partial charge on any atom is 0.327 e. The van der Waals surface area contributed by atoms with Gasteiger partial charge in [-0.25, -0.2) is 13.2 Å². The fraction of sp³-hybridized carbons (Fsp3) is 0.278. The van der Waals surface area contributed by atoms with E-state index in [0.29, 0.717) is 12.4 Å². The molecule has 0 saturated heterocycles. The lowest BCUT2D eigenvalue weighted by molar-refractivity contribution is -0.137. The summed E-state index contributed by atoms with van der Waals surface area (Å²) in [6, 6.07) is 8.77. The molecule has 1 N–H and O–H groups in total. The summed E-state index contributed by atoms with van der Waals surface area (Å²) in [5.74, 6) is -0.746. The summed E-state index contributed by atoms with van der Waals surface area (Å²) >= 11 is 12.0. The molecule has 0 aliphatic rings. The van der Waals surface area contributed by atoms with Crippen LogP contribution in [0.3, 0.4) is 0 Å². The van der Waals surface area contributed by atoms with E-state index in [1.165, 1.54) is 37.3 Å². The SMILES string of the molecule is CCCOc1ccc(N(C(C)C(=O)O)S(=O)(=O)c2cc(Cl)ccc2Cl)cc1. The van der Waals surface area contributed by atoms with E-state index in [4.69, 9.17) is 27.9 Å². The topological polar surface area (TPSA) is 83.9 Å². The van der Waals surface area contributed by atoms with Crippen LogP contribution < -0.4 is 9.04 Å². The quantitative estimate of drug-likeness (QED) is 0.666. The monoisotopic (exact) mass is 431 g/mol. The van der Waals surface area contributed by atoms with Crippen LogP contribution in [0.4, 0.5) is 5.69 Å². The Hall–Kier alpha value is -1.96. The van der Waals surface area contributed by atoms with Gasteiger partial charge in [0.15, 0.2) is 0 Å². The standard InChI is InChI=1S/C18H19Cl2NO5S/c1-3-10-26-15-7-5-14(6-8-15)21(12(2)18(22)23)27(24,25)17-11-13(19)4-9-16(17)20/h4-9,11-12H,3,10H2,1-2H3,(H,22,23). The molecule has 0 bridgehead atoms. The summed E-state index contributed by atoms with van der Waals surface area (Å²) in [7, 11) is -4.29. The number of anilines is 1. The number of carbonyl (C=O) groups is 1. The van der Waals surface area contributed by atoms with Crippen LogP contribution in [0.15, 0.2) is 47.4 Å². The van der Waals surface area contributed by atoms with Crippen molar-refractivity contribution in [2.75, 3.05) is 10.9 Å². The minimum atomic E-state index is -4.29. The highest BCUT2D eigenvalue weighted by Crippen LogP contribution is 2.33. The first-order valence-electron chi connectivity index (χ1n) is 8.13. The van der Waals surface area contributed by atoms with Crippen LogP contribution in [0.1, 0.15) is 20.3 Å². The molecule has 1 unspecified atom stereocenters. The molecular formula is C18H19Cl2NO5S. The van der Waals surface area contributed by atoms with Crippen molar-refractivity contribution in [3.8, 4) is 5.75 Å². The zero-order valence-electron chi connectivity index (χ0n) is 14.7. The second-order valence-corrected chi connectivity index (χ2v) is 8.36. The van der Waals surface area contributed by atoms with Crippen molar-refractivity contribution < 1.29 is 23.1 Å². The highest BCUT2D eigenvalue weighted by molar-refractivity contribution is 7.93. The summed E-state index contributed by atoms with van der Waals surface area (Å²) in [5.41, 5.74) is 0.171. The van der Waals surface area contributed by atoms with Crippen molar-refractivity contribution in [3.63, 3.8) is 0 Å². The van der Waals surface area contributed by atoms with E-state index in [1.54, 1.807) is 12.1 Å². The molecule has 6 nitrogen and oxygen atoms in total. The van der Waals surface area contributed by atoms with E-state index in [0.717, 1.165) is 10.7 Å². The molecule has 0 fully saturated rings. The third-order valence-corrected chi connectivity index (χ3v) is 6.32. The Morgan fingerprint density at radius 2 is 1.81 bits per heavy atom. The number of halogens is 2. The van der Waals surface area contributed by atoms with E-state index in [9.17, 15) is 18.3 Å². The van der Waals surface area contributed by atoms with Crippen LogP contribution in [0.5, 0.6) is 5.75 Å². The zero-order valence-corrected chi connectivity index (χ0v) is 17.1. The minimum absolute atomic E-state index is 0.0510. The molecule has 27 heavy (non-hydrogen) atoms. The highest BCUT2D eigenvalue weighted by atomic mass is 35.5.